The molecule has 28 heavy (non-hydrogen) atoms. The van der Waals surface area contributed by atoms with Crippen LogP contribution < -0.4 is 10.6 Å². The molecule has 0 atom stereocenters. The zero-order valence-electron chi connectivity index (χ0n) is 16.9. The van der Waals surface area contributed by atoms with Crippen molar-refractivity contribution in [1.82, 2.24) is 15.1 Å². The lowest BCUT2D eigenvalue weighted by Crippen LogP contribution is -2.52. The van der Waals surface area contributed by atoms with Gasteiger partial charge in [-0.15, -0.1) is 0 Å². The van der Waals surface area contributed by atoms with E-state index in [1.54, 1.807) is 11.9 Å². The summed E-state index contributed by atoms with van der Waals surface area (Å²) in [5.74, 6) is -1.11. The number of carbonyl (C=O) groups is 3. The van der Waals surface area contributed by atoms with Crippen molar-refractivity contribution < 1.29 is 18.8 Å². The topological polar surface area (TPSA) is 81.8 Å². The summed E-state index contributed by atoms with van der Waals surface area (Å²) in [4.78, 5) is 40.1. The molecule has 1 fully saturated rings. The number of anilines is 1. The van der Waals surface area contributed by atoms with Crippen LogP contribution in [0.3, 0.4) is 0 Å². The van der Waals surface area contributed by atoms with Gasteiger partial charge in [-0.25, -0.2) is 4.39 Å². The van der Waals surface area contributed by atoms with Gasteiger partial charge in [0.1, 0.15) is 12.4 Å². The fraction of sp³-hybridized carbons (Fsp3) is 0.550. The Morgan fingerprint density at radius 1 is 1.04 bits per heavy atom. The van der Waals surface area contributed by atoms with Crippen LogP contribution in [-0.4, -0.2) is 65.8 Å². The van der Waals surface area contributed by atoms with Gasteiger partial charge in [-0.1, -0.05) is 0 Å². The van der Waals surface area contributed by atoms with Crippen LogP contribution in [0.2, 0.25) is 0 Å². The third-order valence-corrected chi connectivity index (χ3v) is 4.30. The van der Waals surface area contributed by atoms with Crippen LogP contribution in [-0.2, 0) is 14.4 Å². The van der Waals surface area contributed by atoms with Gasteiger partial charge in [0.15, 0.2) is 0 Å². The fourth-order valence-electron chi connectivity index (χ4n) is 2.70. The summed E-state index contributed by atoms with van der Waals surface area (Å²) in [6.45, 7) is 5.55. The molecule has 7 nitrogen and oxygen atoms in total. The van der Waals surface area contributed by atoms with E-state index < -0.39 is 11.4 Å². The van der Waals surface area contributed by atoms with E-state index in [1.807, 2.05) is 20.8 Å². The molecule has 2 rings (SSSR count). The summed E-state index contributed by atoms with van der Waals surface area (Å²) in [6, 6.07) is 5.71. The van der Waals surface area contributed by atoms with E-state index in [0.29, 0.717) is 5.69 Å². The number of carbonyl (C=O) groups excluding carboxylic acids is 3. The Balaban J connectivity index is 1.91. The number of hydrogen-bond donors (Lipinski definition) is 2. The molecular weight excluding hydrogens is 363 g/mol. The normalized spacial score (nSPS) is 13.9. The molecule has 3 amide bonds. The molecule has 0 saturated heterocycles. The first kappa shape index (κ1) is 21.8. The highest BCUT2D eigenvalue weighted by molar-refractivity contribution is 5.95. The number of amides is 3. The first-order chi connectivity index (χ1) is 13.0. The van der Waals surface area contributed by atoms with Gasteiger partial charge < -0.3 is 15.5 Å². The average Bonchev–Trinajstić information content (AvgIpc) is 3.37. The molecule has 0 unspecified atom stereocenters. The number of hydrogen-bond acceptors (Lipinski definition) is 4. The number of rotatable bonds is 8. The molecule has 1 aromatic rings. The van der Waals surface area contributed by atoms with Crippen molar-refractivity contribution >= 4 is 23.4 Å². The number of likely N-dealkylation sites (N-methyl/N-ethyl adjacent to an activating group) is 1. The first-order valence-electron chi connectivity index (χ1n) is 9.38. The molecule has 0 bridgehead atoms. The number of nitrogens with zero attached hydrogens (tertiary/aromatic N) is 2. The van der Waals surface area contributed by atoms with Gasteiger partial charge in [0, 0.05) is 17.3 Å². The maximum absolute atomic E-state index is 13.0. The quantitative estimate of drug-likeness (QED) is 0.704. The van der Waals surface area contributed by atoms with E-state index in [1.165, 1.54) is 29.2 Å². The Labute approximate surface area is 165 Å². The Bertz CT molecular complexity index is 711. The second kappa shape index (κ2) is 9.14. The van der Waals surface area contributed by atoms with E-state index >= 15 is 0 Å². The molecule has 1 aromatic carbocycles. The highest BCUT2D eigenvalue weighted by Crippen LogP contribution is 2.18. The van der Waals surface area contributed by atoms with Gasteiger partial charge in [-0.2, -0.15) is 0 Å². The van der Waals surface area contributed by atoms with Crippen molar-refractivity contribution in [3.63, 3.8) is 0 Å². The number of nitrogens with one attached hydrogen (secondary N) is 2. The standard InChI is InChI=1S/C20H29FN4O3/c1-20(2,3)25(12-18(27)23-15-7-5-14(21)6-8-15)19(28)13-24(4)11-17(26)22-16-9-10-16/h5-8,16H,9-13H2,1-4H3,(H,22,26)(H,23,27). The van der Waals surface area contributed by atoms with Crippen LogP contribution in [0.5, 0.6) is 0 Å². The summed E-state index contributed by atoms with van der Waals surface area (Å²) < 4.78 is 13.0. The predicted octanol–water partition coefficient (Wildman–Crippen LogP) is 1.60. The molecule has 154 valence electrons. The highest BCUT2D eigenvalue weighted by atomic mass is 19.1. The lowest BCUT2D eigenvalue weighted by Gasteiger charge is -2.36. The number of halogens is 1. The maximum atomic E-state index is 13.0. The van der Waals surface area contributed by atoms with E-state index in [0.717, 1.165) is 12.8 Å². The summed E-state index contributed by atoms with van der Waals surface area (Å²) in [7, 11) is 1.70. The van der Waals surface area contributed by atoms with E-state index in [-0.39, 0.29) is 43.4 Å². The van der Waals surface area contributed by atoms with Gasteiger partial charge in [-0.3, -0.25) is 19.3 Å². The molecule has 1 aliphatic rings. The third-order valence-electron chi connectivity index (χ3n) is 4.30. The first-order valence-corrected chi connectivity index (χ1v) is 9.38. The van der Waals surface area contributed by atoms with Crippen LogP contribution in [0.25, 0.3) is 0 Å². The van der Waals surface area contributed by atoms with Crippen molar-refractivity contribution in [3.8, 4) is 0 Å². The van der Waals surface area contributed by atoms with Gasteiger partial charge in [0.25, 0.3) is 0 Å². The third kappa shape index (κ3) is 7.26. The summed E-state index contributed by atoms with van der Waals surface area (Å²) >= 11 is 0. The van der Waals surface area contributed by atoms with E-state index in [9.17, 15) is 18.8 Å². The highest BCUT2D eigenvalue weighted by Gasteiger charge is 2.30. The molecule has 0 heterocycles. The smallest absolute Gasteiger partial charge is 0.244 e. The lowest BCUT2D eigenvalue weighted by atomic mass is 10.1. The fourth-order valence-corrected chi connectivity index (χ4v) is 2.70. The second-order valence-corrected chi connectivity index (χ2v) is 8.22. The summed E-state index contributed by atoms with van der Waals surface area (Å²) in [5, 5.41) is 5.55. The van der Waals surface area contributed by atoms with Crippen LogP contribution in [0.1, 0.15) is 33.6 Å². The van der Waals surface area contributed by atoms with Crippen LogP contribution in [0, 0.1) is 5.82 Å². The number of benzene rings is 1. The minimum absolute atomic E-state index is 0.0270. The zero-order chi connectivity index (χ0) is 20.9. The molecule has 2 N–H and O–H groups in total. The zero-order valence-corrected chi connectivity index (χ0v) is 16.9. The second-order valence-electron chi connectivity index (χ2n) is 8.22. The van der Waals surface area contributed by atoms with E-state index in [4.69, 9.17) is 0 Å². The van der Waals surface area contributed by atoms with Gasteiger partial charge in [0.2, 0.25) is 17.7 Å². The van der Waals surface area contributed by atoms with Crippen molar-refractivity contribution in [1.29, 1.82) is 0 Å². The monoisotopic (exact) mass is 392 g/mol. The molecule has 1 saturated carbocycles. The average molecular weight is 392 g/mol. The van der Waals surface area contributed by atoms with Gasteiger partial charge in [-0.05, 0) is 64.9 Å². The lowest BCUT2D eigenvalue weighted by molar-refractivity contribution is -0.140. The Hall–Kier alpha value is -2.48. The minimum atomic E-state index is -0.575. The predicted molar refractivity (Wildman–Crippen MR) is 105 cm³/mol. The molecular formula is C20H29FN4O3. The molecule has 1 aliphatic carbocycles. The van der Waals surface area contributed by atoms with Gasteiger partial charge in [0.05, 0.1) is 13.1 Å². The van der Waals surface area contributed by atoms with Crippen LogP contribution in [0.15, 0.2) is 24.3 Å². The van der Waals surface area contributed by atoms with Crippen molar-refractivity contribution in [2.75, 3.05) is 32.0 Å². The maximum Gasteiger partial charge on any atom is 0.244 e. The van der Waals surface area contributed by atoms with Crippen molar-refractivity contribution in [2.45, 2.75) is 45.2 Å². The Kier molecular flexibility index (Phi) is 7.12. The molecule has 0 spiro atoms. The summed E-state index contributed by atoms with van der Waals surface area (Å²) in [5.41, 5.74) is -0.115. The Morgan fingerprint density at radius 3 is 2.18 bits per heavy atom. The Morgan fingerprint density at radius 2 is 1.64 bits per heavy atom. The SMILES string of the molecule is CN(CC(=O)NC1CC1)CC(=O)N(CC(=O)Nc1ccc(F)cc1)C(C)(C)C. The molecule has 0 radical (unpaired) electrons. The van der Waals surface area contributed by atoms with Gasteiger partial charge >= 0.3 is 0 Å². The molecule has 0 aromatic heterocycles. The van der Waals surface area contributed by atoms with Crippen LogP contribution in [0.4, 0.5) is 10.1 Å². The largest absolute Gasteiger partial charge is 0.352 e. The van der Waals surface area contributed by atoms with Crippen LogP contribution >= 0.6 is 0 Å². The van der Waals surface area contributed by atoms with Crippen molar-refractivity contribution in [3.05, 3.63) is 30.1 Å². The summed E-state index contributed by atoms with van der Waals surface area (Å²) in [6.07, 6.45) is 2.02. The molecule has 8 heteroatoms. The molecule has 0 aliphatic heterocycles. The van der Waals surface area contributed by atoms with E-state index in [2.05, 4.69) is 10.6 Å². The minimum Gasteiger partial charge on any atom is -0.352 e. The van der Waals surface area contributed by atoms with Crippen molar-refractivity contribution in [2.24, 2.45) is 0 Å².